The minimum Gasteiger partial charge on any atom is -0.493 e. The van der Waals surface area contributed by atoms with Crippen molar-refractivity contribution in [2.75, 3.05) is 33.3 Å². The first-order valence-corrected chi connectivity index (χ1v) is 10.5. The van der Waals surface area contributed by atoms with E-state index in [2.05, 4.69) is 15.3 Å². The van der Waals surface area contributed by atoms with Crippen LogP contribution in [0.5, 0.6) is 11.5 Å². The highest BCUT2D eigenvalue weighted by Gasteiger charge is 2.17. The number of hydrogen-bond donors (Lipinski definition) is 2. The fourth-order valence-electron chi connectivity index (χ4n) is 3.65. The van der Waals surface area contributed by atoms with Crippen LogP contribution in [0, 0.1) is 6.92 Å². The first-order valence-electron chi connectivity index (χ1n) is 10.5. The molecular weight excluding hydrogens is 424 g/mol. The van der Waals surface area contributed by atoms with E-state index in [0.717, 1.165) is 11.1 Å². The van der Waals surface area contributed by atoms with Crippen LogP contribution in [0.3, 0.4) is 0 Å². The Balaban J connectivity index is 1.83. The molecule has 0 aliphatic carbocycles. The quantitative estimate of drug-likeness (QED) is 0.512. The summed E-state index contributed by atoms with van der Waals surface area (Å²) < 4.78 is 15.8. The number of aromatic amines is 1. The molecule has 3 rings (SSSR count). The van der Waals surface area contributed by atoms with Gasteiger partial charge in [0.25, 0.3) is 5.56 Å². The maximum Gasteiger partial charge on any atom is 0.260 e. The van der Waals surface area contributed by atoms with Crippen LogP contribution in [-0.4, -0.2) is 50.4 Å². The zero-order valence-corrected chi connectivity index (χ0v) is 19.8. The van der Waals surface area contributed by atoms with Gasteiger partial charge >= 0.3 is 0 Å². The second-order valence-corrected chi connectivity index (χ2v) is 7.79. The SMILES string of the molecule is COc1cc2nc(N(C)Cc3cccc(CNC(=O)C(C)OC)c3)[nH]c(=O)c2c(C)c1OC. The molecule has 0 saturated heterocycles. The molecule has 1 heterocycles. The van der Waals surface area contributed by atoms with Crippen molar-refractivity contribution in [1.82, 2.24) is 15.3 Å². The van der Waals surface area contributed by atoms with E-state index in [1.165, 1.54) is 14.2 Å². The van der Waals surface area contributed by atoms with Crippen LogP contribution in [0.2, 0.25) is 0 Å². The van der Waals surface area contributed by atoms with Crippen molar-refractivity contribution < 1.29 is 19.0 Å². The first-order chi connectivity index (χ1) is 15.8. The van der Waals surface area contributed by atoms with Gasteiger partial charge in [-0.3, -0.25) is 14.6 Å². The minimum atomic E-state index is -0.502. The summed E-state index contributed by atoms with van der Waals surface area (Å²) in [5.41, 5.74) is 2.93. The maximum atomic E-state index is 12.9. The van der Waals surface area contributed by atoms with Gasteiger partial charge in [0.1, 0.15) is 6.10 Å². The average Bonchev–Trinajstić information content (AvgIpc) is 2.81. The number of fused-ring (bicyclic) bond motifs is 1. The van der Waals surface area contributed by atoms with Gasteiger partial charge in [-0.05, 0) is 25.0 Å². The maximum absolute atomic E-state index is 12.9. The van der Waals surface area contributed by atoms with Crippen molar-refractivity contribution in [1.29, 1.82) is 0 Å². The number of aryl methyl sites for hydroxylation is 1. The molecule has 33 heavy (non-hydrogen) atoms. The van der Waals surface area contributed by atoms with Crippen molar-refractivity contribution >= 4 is 22.8 Å². The van der Waals surface area contributed by atoms with Gasteiger partial charge in [-0.1, -0.05) is 24.3 Å². The van der Waals surface area contributed by atoms with Crippen LogP contribution in [0.4, 0.5) is 5.95 Å². The van der Waals surface area contributed by atoms with Gasteiger partial charge in [-0.25, -0.2) is 4.98 Å². The fraction of sp³-hybridized carbons (Fsp3) is 0.375. The summed E-state index contributed by atoms with van der Waals surface area (Å²) in [6.07, 6.45) is -0.502. The lowest BCUT2D eigenvalue weighted by atomic mass is 10.1. The number of amides is 1. The van der Waals surface area contributed by atoms with Crippen LogP contribution in [0.25, 0.3) is 10.9 Å². The third-order valence-electron chi connectivity index (χ3n) is 5.53. The second kappa shape index (κ2) is 10.4. The third kappa shape index (κ3) is 5.25. The molecule has 9 heteroatoms. The van der Waals surface area contributed by atoms with Gasteiger partial charge in [0, 0.05) is 38.9 Å². The Morgan fingerprint density at radius 3 is 2.58 bits per heavy atom. The summed E-state index contributed by atoms with van der Waals surface area (Å²) in [5, 5.41) is 3.32. The number of rotatable bonds is 9. The molecule has 3 aromatic rings. The summed E-state index contributed by atoms with van der Waals surface area (Å²) in [5.74, 6) is 1.31. The largest absolute Gasteiger partial charge is 0.493 e. The molecule has 0 bridgehead atoms. The summed E-state index contributed by atoms with van der Waals surface area (Å²) in [6.45, 7) is 4.42. The number of benzene rings is 2. The van der Waals surface area contributed by atoms with Gasteiger partial charge in [0.15, 0.2) is 11.5 Å². The van der Waals surface area contributed by atoms with Crippen molar-refractivity contribution in [3.8, 4) is 11.5 Å². The number of nitrogens with zero attached hydrogens (tertiary/aromatic N) is 2. The minimum absolute atomic E-state index is 0.166. The number of carbonyl (C=O) groups excluding carboxylic acids is 1. The standard InChI is InChI=1S/C24H30N4O5/c1-14-20-18(11-19(32-5)21(14)33-6)26-24(27-23(20)30)28(3)13-17-9-7-8-16(10-17)12-25-22(29)15(2)31-4/h7-11,15H,12-13H2,1-6H3,(H,25,29)(H,26,27,30). The molecule has 0 aliphatic rings. The lowest BCUT2D eigenvalue weighted by Gasteiger charge is -2.19. The highest BCUT2D eigenvalue weighted by atomic mass is 16.5. The van der Waals surface area contributed by atoms with Crippen LogP contribution in [0.15, 0.2) is 35.1 Å². The van der Waals surface area contributed by atoms with Crippen LogP contribution in [-0.2, 0) is 22.6 Å². The van der Waals surface area contributed by atoms with E-state index in [0.29, 0.717) is 47.0 Å². The monoisotopic (exact) mass is 454 g/mol. The molecule has 1 atom stereocenters. The lowest BCUT2D eigenvalue weighted by Crippen LogP contribution is -2.33. The number of methoxy groups -OCH3 is 3. The lowest BCUT2D eigenvalue weighted by molar-refractivity contribution is -0.130. The molecule has 0 radical (unpaired) electrons. The summed E-state index contributed by atoms with van der Waals surface area (Å²) in [4.78, 5) is 34.2. The molecule has 1 unspecified atom stereocenters. The van der Waals surface area contributed by atoms with Crippen molar-refractivity contribution in [3.05, 3.63) is 57.4 Å². The Morgan fingerprint density at radius 1 is 1.18 bits per heavy atom. The molecule has 0 fully saturated rings. The van der Waals surface area contributed by atoms with E-state index in [1.54, 1.807) is 20.1 Å². The van der Waals surface area contributed by atoms with Crippen LogP contribution < -0.4 is 25.2 Å². The number of H-pyrrole nitrogens is 1. The molecule has 0 spiro atoms. The molecule has 9 nitrogen and oxygen atoms in total. The molecule has 1 amide bonds. The number of carbonyl (C=O) groups is 1. The molecule has 1 aromatic heterocycles. The second-order valence-electron chi connectivity index (χ2n) is 7.79. The number of anilines is 1. The zero-order chi connectivity index (χ0) is 24.1. The van der Waals surface area contributed by atoms with Gasteiger partial charge in [-0.15, -0.1) is 0 Å². The topological polar surface area (TPSA) is 106 Å². The summed E-state index contributed by atoms with van der Waals surface area (Å²) in [6, 6.07) is 9.57. The smallest absolute Gasteiger partial charge is 0.260 e. The van der Waals surface area contributed by atoms with E-state index in [-0.39, 0.29) is 11.5 Å². The highest BCUT2D eigenvalue weighted by Crippen LogP contribution is 2.35. The van der Waals surface area contributed by atoms with E-state index in [4.69, 9.17) is 14.2 Å². The Morgan fingerprint density at radius 2 is 1.91 bits per heavy atom. The molecular formula is C24H30N4O5. The van der Waals surface area contributed by atoms with Crippen LogP contribution >= 0.6 is 0 Å². The molecule has 0 aliphatic heterocycles. The average molecular weight is 455 g/mol. The van der Waals surface area contributed by atoms with E-state index < -0.39 is 6.10 Å². The molecule has 2 N–H and O–H groups in total. The van der Waals surface area contributed by atoms with E-state index in [9.17, 15) is 9.59 Å². The normalized spacial score (nSPS) is 11.8. The van der Waals surface area contributed by atoms with Crippen molar-refractivity contribution in [3.63, 3.8) is 0 Å². The predicted octanol–water partition coefficient (Wildman–Crippen LogP) is 2.54. The van der Waals surface area contributed by atoms with Crippen molar-refractivity contribution in [2.45, 2.75) is 33.0 Å². The van der Waals surface area contributed by atoms with E-state index >= 15 is 0 Å². The molecule has 2 aromatic carbocycles. The van der Waals surface area contributed by atoms with Gasteiger partial charge in [0.05, 0.1) is 25.1 Å². The number of ether oxygens (including phenoxy) is 3. The third-order valence-corrected chi connectivity index (χ3v) is 5.53. The number of aromatic nitrogens is 2. The predicted molar refractivity (Wildman–Crippen MR) is 127 cm³/mol. The number of hydrogen-bond acceptors (Lipinski definition) is 7. The Bertz CT molecular complexity index is 1210. The molecule has 176 valence electrons. The highest BCUT2D eigenvalue weighted by molar-refractivity contribution is 5.86. The zero-order valence-electron chi connectivity index (χ0n) is 19.8. The van der Waals surface area contributed by atoms with Crippen LogP contribution in [0.1, 0.15) is 23.6 Å². The van der Waals surface area contributed by atoms with Gasteiger partial charge < -0.3 is 24.4 Å². The summed E-state index contributed by atoms with van der Waals surface area (Å²) >= 11 is 0. The summed E-state index contributed by atoms with van der Waals surface area (Å²) in [7, 11) is 6.44. The van der Waals surface area contributed by atoms with Gasteiger partial charge in [-0.2, -0.15) is 0 Å². The fourth-order valence-corrected chi connectivity index (χ4v) is 3.65. The van der Waals surface area contributed by atoms with Gasteiger partial charge in [0.2, 0.25) is 11.9 Å². The van der Waals surface area contributed by atoms with Crippen molar-refractivity contribution in [2.24, 2.45) is 0 Å². The Kier molecular flexibility index (Phi) is 7.55. The first kappa shape index (κ1) is 24.1. The number of nitrogens with one attached hydrogen (secondary N) is 2. The van der Waals surface area contributed by atoms with E-state index in [1.807, 2.05) is 43.1 Å². The Hall–Kier alpha value is -3.59. The Labute approximate surface area is 192 Å². The molecule has 0 saturated carbocycles.